The van der Waals surface area contributed by atoms with E-state index in [1.54, 1.807) is 0 Å². The number of nitrogens with one attached hydrogen (secondary N) is 1. The minimum absolute atomic E-state index is 0.0107. The molecule has 2 aliphatic rings. The average molecular weight is 470 g/mol. The first kappa shape index (κ1) is 22.7. The van der Waals surface area contributed by atoms with E-state index in [1.165, 1.54) is 37.3 Å². The Bertz CT molecular complexity index is 1160. The molecule has 0 spiro atoms. The van der Waals surface area contributed by atoms with Crippen LogP contribution in [0.5, 0.6) is 0 Å². The van der Waals surface area contributed by atoms with E-state index in [2.05, 4.69) is 4.72 Å². The maximum Gasteiger partial charge on any atom is 0.229 e. The third-order valence-electron chi connectivity index (χ3n) is 6.10. The van der Waals surface area contributed by atoms with E-state index in [0.29, 0.717) is 0 Å². The Balaban J connectivity index is 1.60. The number of sulfonamides is 1. The minimum atomic E-state index is -3.63. The van der Waals surface area contributed by atoms with Crippen LogP contribution in [0.15, 0.2) is 42.5 Å². The lowest BCUT2D eigenvalue weighted by atomic mass is 9.91. The molecule has 5 atom stereocenters. The second kappa shape index (κ2) is 7.84. The van der Waals surface area contributed by atoms with Crippen molar-refractivity contribution in [1.82, 2.24) is 9.62 Å². The first-order valence-electron chi connectivity index (χ1n) is 10.1. The zero-order chi connectivity index (χ0) is 23.4. The van der Waals surface area contributed by atoms with Crippen LogP contribution in [0.4, 0.5) is 17.6 Å². The molecular weight excluding hydrogens is 448 g/mol. The van der Waals surface area contributed by atoms with E-state index >= 15 is 4.39 Å². The zero-order valence-corrected chi connectivity index (χ0v) is 18.2. The summed E-state index contributed by atoms with van der Waals surface area (Å²) in [5.41, 5.74) is -2.55. The van der Waals surface area contributed by atoms with Crippen molar-refractivity contribution in [2.75, 3.05) is 12.8 Å². The molecule has 1 N–H and O–H groups in total. The summed E-state index contributed by atoms with van der Waals surface area (Å²) >= 11 is 0. The zero-order valence-electron chi connectivity index (χ0n) is 17.4. The molecular formula is C22H22F4N2O3S. The molecule has 0 bridgehead atoms. The fourth-order valence-electron chi connectivity index (χ4n) is 4.54. The van der Waals surface area contributed by atoms with Crippen molar-refractivity contribution < 1.29 is 30.8 Å². The fraction of sp³-hybridized carbons (Fsp3) is 0.409. The van der Waals surface area contributed by atoms with Gasteiger partial charge in [-0.3, -0.25) is 4.79 Å². The van der Waals surface area contributed by atoms with Crippen LogP contribution in [0.2, 0.25) is 0 Å². The minimum Gasteiger partial charge on any atom is -0.332 e. The van der Waals surface area contributed by atoms with Gasteiger partial charge in [0.25, 0.3) is 0 Å². The Labute approximate surface area is 183 Å². The van der Waals surface area contributed by atoms with Gasteiger partial charge in [-0.2, -0.15) is 0 Å². The molecule has 172 valence electrons. The van der Waals surface area contributed by atoms with Crippen LogP contribution in [0, 0.1) is 17.6 Å². The molecule has 4 rings (SSSR count). The Kier molecular flexibility index (Phi) is 5.57. The summed E-state index contributed by atoms with van der Waals surface area (Å²) in [5, 5.41) is 0. The van der Waals surface area contributed by atoms with Crippen LogP contribution in [0.1, 0.15) is 18.9 Å². The lowest BCUT2D eigenvalue weighted by Gasteiger charge is -2.47. The number of alkyl halides is 2. The summed E-state index contributed by atoms with van der Waals surface area (Å²) in [6.07, 6.45) is -0.739. The number of carbonyl (C=O) groups excluding carboxylic acids is 1. The highest BCUT2D eigenvalue weighted by Crippen LogP contribution is 2.59. The van der Waals surface area contributed by atoms with Crippen molar-refractivity contribution in [3.05, 3.63) is 59.7 Å². The lowest BCUT2D eigenvalue weighted by Crippen LogP contribution is -2.67. The summed E-state index contributed by atoms with van der Waals surface area (Å²) < 4.78 is 84.0. The summed E-state index contributed by atoms with van der Waals surface area (Å²) in [4.78, 5) is 14.1. The fourth-order valence-corrected chi connectivity index (χ4v) is 5.35. The smallest absolute Gasteiger partial charge is 0.229 e. The number of carbonyl (C=O) groups is 1. The van der Waals surface area contributed by atoms with Gasteiger partial charge in [-0.15, -0.1) is 0 Å². The van der Waals surface area contributed by atoms with Gasteiger partial charge < -0.3 is 4.90 Å². The van der Waals surface area contributed by atoms with Crippen LogP contribution < -0.4 is 4.72 Å². The molecule has 1 heterocycles. The van der Waals surface area contributed by atoms with Gasteiger partial charge in [-0.05, 0) is 30.2 Å². The van der Waals surface area contributed by atoms with Crippen LogP contribution >= 0.6 is 0 Å². The second-order valence-corrected chi connectivity index (χ2v) is 10.2. The molecule has 1 amide bonds. The quantitative estimate of drug-likeness (QED) is 0.659. The normalized spacial score (nSPS) is 28.2. The highest BCUT2D eigenvalue weighted by molar-refractivity contribution is 7.88. The SMILES string of the molecule is C[C@@H](NS(C)(=O)=O)[C@@H]1[C@H](F)CN1C(=O)[C@@H]1C[C@@]1(F)c1ccccc1-c1c(F)cccc1F. The largest absolute Gasteiger partial charge is 0.332 e. The molecule has 1 aliphatic heterocycles. The average Bonchev–Trinajstić information content (AvgIpc) is 3.37. The summed E-state index contributed by atoms with van der Waals surface area (Å²) in [6, 6.07) is 7.19. The van der Waals surface area contributed by atoms with Gasteiger partial charge in [0.05, 0.1) is 30.3 Å². The predicted molar refractivity (Wildman–Crippen MR) is 111 cm³/mol. The third-order valence-corrected chi connectivity index (χ3v) is 6.90. The number of rotatable bonds is 6. The number of benzene rings is 2. The van der Waals surface area contributed by atoms with Crippen molar-refractivity contribution >= 4 is 15.9 Å². The maximum atomic E-state index is 15.9. The molecule has 2 aromatic rings. The Morgan fingerprint density at radius 3 is 2.38 bits per heavy atom. The Morgan fingerprint density at radius 1 is 1.16 bits per heavy atom. The highest BCUT2D eigenvalue weighted by Gasteiger charge is 2.64. The van der Waals surface area contributed by atoms with E-state index < -0.39 is 57.4 Å². The Hall–Kier alpha value is -2.46. The van der Waals surface area contributed by atoms with Crippen LogP contribution in [0.3, 0.4) is 0 Å². The van der Waals surface area contributed by atoms with E-state index in [9.17, 15) is 26.4 Å². The van der Waals surface area contributed by atoms with Crippen molar-refractivity contribution in [3.63, 3.8) is 0 Å². The third kappa shape index (κ3) is 3.90. The maximum absolute atomic E-state index is 15.9. The van der Waals surface area contributed by atoms with Crippen LogP contribution in [-0.2, 0) is 20.5 Å². The van der Waals surface area contributed by atoms with Crippen LogP contribution in [0.25, 0.3) is 11.1 Å². The number of likely N-dealkylation sites (tertiary alicyclic amines) is 1. The number of amides is 1. The van der Waals surface area contributed by atoms with Gasteiger partial charge in [0.15, 0.2) is 0 Å². The number of halogens is 4. The first-order chi connectivity index (χ1) is 14.9. The lowest BCUT2D eigenvalue weighted by molar-refractivity contribution is -0.149. The number of hydrogen-bond acceptors (Lipinski definition) is 3. The number of hydrogen-bond donors (Lipinski definition) is 1. The molecule has 1 saturated heterocycles. The molecule has 2 aromatic carbocycles. The van der Waals surface area contributed by atoms with E-state index in [1.807, 2.05) is 0 Å². The second-order valence-electron chi connectivity index (χ2n) is 8.44. The van der Waals surface area contributed by atoms with Crippen molar-refractivity contribution in [2.24, 2.45) is 5.92 Å². The molecule has 32 heavy (non-hydrogen) atoms. The van der Waals surface area contributed by atoms with Crippen molar-refractivity contribution in [2.45, 2.75) is 37.3 Å². The molecule has 0 unspecified atom stereocenters. The van der Waals surface area contributed by atoms with E-state index in [4.69, 9.17) is 0 Å². The van der Waals surface area contributed by atoms with Crippen molar-refractivity contribution in [1.29, 1.82) is 0 Å². The first-order valence-corrected chi connectivity index (χ1v) is 12.0. The van der Waals surface area contributed by atoms with Gasteiger partial charge in [0, 0.05) is 12.5 Å². The molecule has 0 aromatic heterocycles. The van der Waals surface area contributed by atoms with Crippen LogP contribution in [-0.4, -0.2) is 50.3 Å². The summed E-state index contributed by atoms with van der Waals surface area (Å²) in [7, 11) is -3.63. The predicted octanol–water partition coefficient (Wildman–Crippen LogP) is 3.30. The van der Waals surface area contributed by atoms with Gasteiger partial charge in [0.2, 0.25) is 15.9 Å². The standard InChI is InChI=1S/C22H22F4N2O3S/c1-12(27-32(2,30)31)20-18(25)11-28(20)21(29)15-10-22(15,26)14-7-4-3-6-13(14)19-16(23)8-5-9-17(19)24/h3-9,12,15,18,20,27H,10-11H2,1-2H3/t12-,15+,18-,20-,22-/m1/s1. The highest BCUT2D eigenvalue weighted by atomic mass is 32.2. The van der Waals surface area contributed by atoms with E-state index in [-0.39, 0.29) is 29.7 Å². The molecule has 5 nitrogen and oxygen atoms in total. The molecule has 1 aliphatic carbocycles. The molecule has 1 saturated carbocycles. The van der Waals surface area contributed by atoms with Gasteiger partial charge in [-0.1, -0.05) is 30.3 Å². The van der Waals surface area contributed by atoms with Gasteiger partial charge in [0.1, 0.15) is 23.5 Å². The van der Waals surface area contributed by atoms with Gasteiger partial charge >= 0.3 is 0 Å². The summed E-state index contributed by atoms with van der Waals surface area (Å²) in [5.74, 6) is -3.52. The topological polar surface area (TPSA) is 66.5 Å². The van der Waals surface area contributed by atoms with Gasteiger partial charge in [-0.25, -0.2) is 30.7 Å². The number of nitrogens with zero attached hydrogens (tertiary/aromatic N) is 1. The molecule has 10 heteroatoms. The molecule has 2 fully saturated rings. The molecule has 0 radical (unpaired) electrons. The van der Waals surface area contributed by atoms with Crippen molar-refractivity contribution in [3.8, 4) is 11.1 Å². The Morgan fingerprint density at radius 2 is 1.78 bits per heavy atom. The monoisotopic (exact) mass is 470 g/mol. The summed E-state index contributed by atoms with van der Waals surface area (Å²) in [6.45, 7) is 1.17. The van der Waals surface area contributed by atoms with E-state index in [0.717, 1.165) is 23.3 Å².